The molecule has 0 heterocycles. The highest BCUT2D eigenvalue weighted by Crippen LogP contribution is 2.52. The van der Waals surface area contributed by atoms with Crippen molar-refractivity contribution < 1.29 is 42.3 Å². The monoisotopic (exact) mass is 733 g/mol. The van der Waals surface area contributed by atoms with Crippen LogP contribution in [0.25, 0.3) is 11.1 Å². The van der Waals surface area contributed by atoms with Crippen molar-refractivity contribution in [1.82, 2.24) is 5.32 Å². The quantitative estimate of drug-likeness (QED) is 0.0551. The third-order valence-electron chi connectivity index (χ3n) is 8.67. The van der Waals surface area contributed by atoms with Crippen molar-refractivity contribution in [1.29, 1.82) is 0 Å². The second-order valence-electron chi connectivity index (χ2n) is 12.3. The number of fused-ring (bicyclic) bond motifs is 3. The molecule has 1 amide bonds. The average molecular weight is 734 g/mol. The maximum atomic E-state index is 14.0. The summed E-state index contributed by atoms with van der Waals surface area (Å²) >= 11 is 0. The summed E-state index contributed by atoms with van der Waals surface area (Å²) in [4.78, 5) is 26.3. The highest BCUT2D eigenvalue weighted by molar-refractivity contribution is 7.48. The molecule has 0 spiro atoms. The Morgan fingerprint density at radius 1 is 0.755 bits per heavy atom. The summed E-state index contributed by atoms with van der Waals surface area (Å²) in [6.07, 6.45) is 0.623. The van der Waals surface area contributed by atoms with Gasteiger partial charge in [0.2, 0.25) is 0 Å². The molecule has 6 rings (SSSR count). The van der Waals surface area contributed by atoms with E-state index in [2.05, 4.69) is 11.9 Å². The van der Waals surface area contributed by atoms with Crippen LogP contribution in [0, 0.1) is 0 Å². The fourth-order valence-electron chi connectivity index (χ4n) is 6.09. The van der Waals surface area contributed by atoms with Gasteiger partial charge in [-0.1, -0.05) is 128 Å². The van der Waals surface area contributed by atoms with Crippen molar-refractivity contribution in [2.24, 2.45) is 0 Å². The summed E-state index contributed by atoms with van der Waals surface area (Å²) in [6, 6.07) is 37.9. The smallest absolute Gasteiger partial charge is 0.460 e. The number of aliphatic hydroxyl groups is 1. The molecule has 1 atom stereocenters. The Hall–Kier alpha value is -5.51. The van der Waals surface area contributed by atoms with E-state index in [1.54, 1.807) is 12.1 Å². The van der Waals surface area contributed by atoms with Crippen LogP contribution in [0.2, 0.25) is 0 Å². The first-order valence-electron chi connectivity index (χ1n) is 17.1. The predicted octanol–water partition coefficient (Wildman–Crippen LogP) is 8.28. The minimum absolute atomic E-state index is 0.0138. The maximum absolute atomic E-state index is 14.0. The summed E-state index contributed by atoms with van der Waals surface area (Å²) < 4.78 is 42.4. The molecule has 1 aliphatic carbocycles. The number of phosphoric acid groups is 1. The number of nitrogens with one attached hydrogen (secondary N) is 1. The molecule has 53 heavy (non-hydrogen) atoms. The number of amides is 1. The minimum atomic E-state index is -4.23. The van der Waals surface area contributed by atoms with Crippen molar-refractivity contribution >= 4 is 19.9 Å². The second kappa shape index (κ2) is 17.8. The molecule has 0 saturated heterocycles. The van der Waals surface area contributed by atoms with Gasteiger partial charge in [-0.25, -0.2) is 14.2 Å². The Kier molecular flexibility index (Phi) is 12.5. The van der Waals surface area contributed by atoms with Crippen molar-refractivity contribution in [3.63, 3.8) is 0 Å². The molecule has 0 saturated carbocycles. The van der Waals surface area contributed by atoms with Crippen LogP contribution < -0.4 is 9.84 Å². The number of rotatable bonds is 17. The highest BCUT2D eigenvalue weighted by Gasteiger charge is 2.32. The van der Waals surface area contributed by atoms with Gasteiger partial charge in [-0.3, -0.25) is 9.05 Å². The Bertz CT molecular complexity index is 1980. The molecule has 2 N–H and O–H groups in total. The number of aliphatic hydroxyl groups excluding tert-OH is 1. The zero-order valence-electron chi connectivity index (χ0n) is 29.0. The Morgan fingerprint density at radius 2 is 1.32 bits per heavy atom. The van der Waals surface area contributed by atoms with Crippen LogP contribution in [0.4, 0.5) is 4.79 Å². The number of ether oxygens (including phenoxy) is 2. The summed E-state index contributed by atoms with van der Waals surface area (Å²) in [7, 11) is -4.23. The maximum Gasteiger partial charge on any atom is 0.530 e. The lowest BCUT2D eigenvalue weighted by atomic mass is 9.98. The number of carbonyl (C=O) groups excluding carboxylic acids is 2. The molecule has 0 aromatic heterocycles. The number of alkyl carbamates (subject to hydrolysis) is 1. The summed E-state index contributed by atoms with van der Waals surface area (Å²) in [5, 5.41) is 13.0. The molecular formula is C42H40NO9P. The normalized spacial score (nSPS) is 12.6. The molecule has 0 radical (unpaired) electrons. The van der Waals surface area contributed by atoms with Crippen LogP contribution in [-0.2, 0) is 54.1 Å². The van der Waals surface area contributed by atoms with Gasteiger partial charge in [0.25, 0.3) is 0 Å². The Morgan fingerprint density at radius 3 is 1.89 bits per heavy atom. The van der Waals surface area contributed by atoms with Crippen LogP contribution in [0.5, 0.6) is 5.75 Å². The predicted molar refractivity (Wildman–Crippen MR) is 200 cm³/mol. The Labute approximate surface area is 308 Å². The van der Waals surface area contributed by atoms with Gasteiger partial charge in [-0.2, -0.15) is 0 Å². The third-order valence-corrected chi connectivity index (χ3v) is 9.98. The first kappa shape index (κ1) is 37.3. The SMILES string of the molecule is C=CCOC(=O)[C@@H](Cc1ccc(OP(=O)(OCc2ccccc2)OCc2ccccc2)c(CO)c1)NC(=O)OCC1c2ccccc2-c2ccccc21. The van der Waals surface area contributed by atoms with E-state index in [1.807, 2.05) is 109 Å². The van der Waals surface area contributed by atoms with E-state index in [0.29, 0.717) is 5.56 Å². The lowest BCUT2D eigenvalue weighted by molar-refractivity contribution is -0.144. The van der Waals surface area contributed by atoms with E-state index in [-0.39, 0.29) is 50.1 Å². The summed E-state index contributed by atoms with van der Waals surface area (Å²) in [6.45, 7) is 3.01. The third kappa shape index (κ3) is 9.68. The van der Waals surface area contributed by atoms with Gasteiger partial charge >= 0.3 is 19.9 Å². The van der Waals surface area contributed by atoms with Gasteiger partial charge in [0.15, 0.2) is 0 Å². The molecule has 0 unspecified atom stereocenters. The molecule has 1 aliphatic rings. The van der Waals surface area contributed by atoms with Gasteiger partial charge < -0.3 is 24.4 Å². The van der Waals surface area contributed by atoms with Crippen LogP contribution in [0.15, 0.2) is 140 Å². The topological polar surface area (TPSA) is 130 Å². The van der Waals surface area contributed by atoms with E-state index in [0.717, 1.165) is 33.4 Å². The van der Waals surface area contributed by atoms with Gasteiger partial charge in [-0.05, 0) is 51.1 Å². The van der Waals surface area contributed by atoms with Crippen LogP contribution in [0.1, 0.15) is 39.3 Å². The summed E-state index contributed by atoms with van der Waals surface area (Å²) in [5.41, 5.74) is 6.63. The molecule has 0 aliphatic heterocycles. The molecule has 0 fully saturated rings. The highest BCUT2D eigenvalue weighted by atomic mass is 31.2. The van der Waals surface area contributed by atoms with E-state index in [9.17, 15) is 19.3 Å². The molecular weight excluding hydrogens is 693 g/mol. The van der Waals surface area contributed by atoms with E-state index in [1.165, 1.54) is 12.1 Å². The Balaban J connectivity index is 1.15. The zero-order valence-corrected chi connectivity index (χ0v) is 29.9. The van der Waals surface area contributed by atoms with Crippen molar-refractivity contribution in [3.05, 3.63) is 173 Å². The molecule has 5 aromatic carbocycles. The van der Waals surface area contributed by atoms with Gasteiger partial charge in [0.1, 0.15) is 25.0 Å². The number of carbonyl (C=O) groups is 2. The molecule has 5 aromatic rings. The second-order valence-corrected chi connectivity index (χ2v) is 13.9. The van der Waals surface area contributed by atoms with E-state index in [4.69, 9.17) is 23.0 Å². The van der Waals surface area contributed by atoms with E-state index >= 15 is 0 Å². The first-order valence-corrected chi connectivity index (χ1v) is 18.6. The van der Waals surface area contributed by atoms with E-state index < -0.39 is 32.5 Å². The van der Waals surface area contributed by atoms with Crippen molar-refractivity contribution in [2.75, 3.05) is 13.2 Å². The average Bonchev–Trinajstić information content (AvgIpc) is 3.52. The number of phosphoric ester groups is 1. The van der Waals surface area contributed by atoms with Crippen molar-refractivity contribution in [2.45, 2.75) is 38.2 Å². The number of hydrogen-bond acceptors (Lipinski definition) is 9. The molecule has 0 bridgehead atoms. The molecule has 272 valence electrons. The molecule has 10 nitrogen and oxygen atoms in total. The number of esters is 1. The lowest BCUT2D eigenvalue weighted by Crippen LogP contribution is -2.44. The van der Waals surface area contributed by atoms with Crippen LogP contribution in [0.3, 0.4) is 0 Å². The largest absolute Gasteiger partial charge is 0.530 e. The number of benzene rings is 5. The first-order chi connectivity index (χ1) is 25.9. The van der Waals surface area contributed by atoms with Gasteiger partial charge in [0.05, 0.1) is 19.8 Å². The molecule has 11 heteroatoms. The van der Waals surface area contributed by atoms with Gasteiger partial charge in [0, 0.05) is 17.9 Å². The fourth-order valence-corrected chi connectivity index (χ4v) is 7.30. The minimum Gasteiger partial charge on any atom is -0.460 e. The summed E-state index contributed by atoms with van der Waals surface area (Å²) in [5.74, 6) is -0.795. The lowest BCUT2D eigenvalue weighted by Gasteiger charge is -2.21. The van der Waals surface area contributed by atoms with Crippen LogP contribution >= 0.6 is 7.82 Å². The number of hydrogen-bond donors (Lipinski definition) is 2. The fraction of sp³-hybridized carbons (Fsp3) is 0.190. The van der Waals surface area contributed by atoms with Crippen molar-refractivity contribution in [3.8, 4) is 16.9 Å². The standard InChI is InChI=1S/C42H40NO9P/c1-2-23-48-41(45)39(43-42(46)49-29-38-36-19-11-9-17-34(36)35-18-10-12-20-37(35)38)25-32-21-22-40(33(24-32)26-44)52-53(47,50-27-30-13-5-3-6-14-30)51-28-31-15-7-4-8-16-31/h2-22,24,38-39,44H,1,23,25-29H2,(H,43,46)/t39-/m1/s1. The van der Waals surface area contributed by atoms with Gasteiger partial charge in [-0.15, -0.1) is 0 Å². The van der Waals surface area contributed by atoms with Crippen LogP contribution in [-0.4, -0.2) is 36.4 Å². The zero-order chi connectivity index (χ0) is 37.0.